The van der Waals surface area contributed by atoms with Gasteiger partial charge in [0, 0.05) is 0 Å². The fourth-order valence-electron chi connectivity index (χ4n) is 1.08. The summed E-state index contributed by atoms with van der Waals surface area (Å²) in [6.45, 7) is 0. The molecule has 0 unspecified atom stereocenters. The van der Waals surface area contributed by atoms with Gasteiger partial charge in [-0.1, -0.05) is 58.0 Å². The number of hydrogen-bond donors (Lipinski definition) is 0. The lowest BCUT2D eigenvalue weighted by Crippen LogP contribution is -2.30. The highest BCUT2D eigenvalue weighted by Gasteiger charge is 2.51. The Balaban J connectivity index is 2.43. The number of hydrogen-bond acceptors (Lipinski definition) is 5. The first-order valence-electron chi connectivity index (χ1n) is 4.61. The van der Waals surface area contributed by atoms with Crippen LogP contribution in [0.3, 0.4) is 0 Å². The first-order chi connectivity index (χ1) is 9.14. The van der Waals surface area contributed by atoms with Crippen molar-refractivity contribution in [1.82, 2.24) is 29.5 Å². The highest BCUT2D eigenvalue weighted by Crippen LogP contribution is 2.51. The van der Waals surface area contributed by atoms with E-state index in [1.165, 1.54) is 12.7 Å². The van der Waals surface area contributed by atoms with E-state index in [-0.39, 0.29) is 10.6 Å². The molecule has 0 saturated heterocycles. The van der Waals surface area contributed by atoms with E-state index in [4.69, 9.17) is 58.0 Å². The molecular weight excluding hydrogens is 441 g/mol. The van der Waals surface area contributed by atoms with E-state index < -0.39 is 14.2 Å². The van der Waals surface area contributed by atoms with Gasteiger partial charge in [0.05, 0.1) is 0 Å². The molecule has 0 N–H and O–H groups in total. The molecule has 0 fully saturated rings. The van der Waals surface area contributed by atoms with E-state index in [0.717, 1.165) is 9.36 Å². The van der Waals surface area contributed by atoms with Crippen LogP contribution in [-0.4, -0.2) is 39.4 Å². The molecule has 0 aliphatic rings. The van der Waals surface area contributed by atoms with Crippen LogP contribution in [0, 0.1) is 0 Å². The summed E-state index contributed by atoms with van der Waals surface area (Å²) in [5.74, 6) is -0.263. The number of alkyl halides is 5. The van der Waals surface area contributed by atoms with E-state index in [2.05, 4.69) is 36.1 Å². The minimum Gasteiger partial charge on any atom is -0.243 e. The van der Waals surface area contributed by atoms with Crippen molar-refractivity contribution in [1.29, 1.82) is 0 Å². The third-order valence-corrected chi connectivity index (χ3v) is 4.85. The SMILES string of the molecule is O=C(n1cncn1)n1nc(C(Cl)(Cl)C(Cl)(Cl)Cl)nc1Br. The second-order valence-electron chi connectivity index (χ2n) is 3.31. The van der Waals surface area contributed by atoms with Gasteiger partial charge in [0.25, 0.3) is 0 Å². The third-order valence-electron chi connectivity index (χ3n) is 2.00. The summed E-state index contributed by atoms with van der Waals surface area (Å²) in [4.78, 5) is 19.5. The molecule has 7 nitrogen and oxygen atoms in total. The Labute approximate surface area is 145 Å². The lowest BCUT2D eigenvalue weighted by Gasteiger charge is -2.23. The van der Waals surface area contributed by atoms with E-state index >= 15 is 0 Å². The second kappa shape index (κ2) is 5.58. The predicted octanol–water partition coefficient (Wildman–Crippen LogP) is 3.15. The van der Waals surface area contributed by atoms with Crippen LogP contribution in [0.5, 0.6) is 0 Å². The average molecular weight is 443 g/mol. The molecule has 0 saturated carbocycles. The summed E-state index contributed by atoms with van der Waals surface area (Å²) in [5.41, 5.74) is 0. The van der Waals surface area contributed by atoms with Crippen LogP contribution in [0.1, 0.15) is 5.82 Å². The van der Waals surface area contributed by atoms with Crippen LogP contribution in [-0.2, 0) is 4.33 Å². The molecule has 108 valence electrons. The molecule has 2 aromatic heterocycles. The van der Waals surface area contributed by atoms with Crippen molar-refractivity contribution in [2.75, 3.05) is 0 Å². The third kappa shape index (κ3) is 2.90. The molecule has 0 atom stereocenters. The number of carbonyl (C=O) groups excluding carboxylic acids is 1. The van der Waals surface area contributed by atoms with Gasteiger partial charge in [0.15, 0.2) is 5.82 Å². The van der Waals surface area contributed by atoms with Crippen molar-refractivity contribution in [3.05, 3.63) is 23.2 Å². The maximum Gasteiger partial charge on any atom is 0.373 e. The van der Waals surface area contributed by atoms with Gasteiger partial charge in [-0.05, 0) is 15.9 Å². The van der Waals surface area contributed by atoms with Gasteiger partial charge in [-0.3, -0.25) is 0 Å². The van der Waals surface area contributed by atoms with Gasteiger partial charge in [0.1, 0.15) is 12.7 Å². The Hall–Kier alpha value is -0.120. The van der Waals surface area contributed by atoms with Crippen molar-refractivity contribution < 1.29 is 4.79 Å². The molecule has 0 bridgehead atoms. The van der Waals surface area contributed by atoms with Gasteiger partial charge < -0.3 is 0 Å². The van der Waals surface area contributed by atoms with Crippen molar-refractivity contribution in [2.45, 2.75) is 8.13 Å². The molecule has 2 rings (SSSR count). The minimum absolute atomic E-state index is 0.00734. The van der Waals surface area contributed by atoms with Crippen LogP contribution >= 0.6 is 73.9 Å². The minimum atomic E-state index is -2.10. The Morgan fingerprint density at radius 3 is 2.40 bits per heavy atom. The van der Waals surface area contributed by atoms with Crippen molar-refractivity contribution in [2.24, 2.45) is 0 Å². The molecule has 2 aromatic rings. The molecule has 2 heterocycles. The van der Waals surface area contributed by atoms with E-state index in [1.807, 2.05) is 0 Å². The monoisotopic (exact) mass is 440 g/mol. The topological polar surface area (TPSA) is 78.5 Å². The first-order valence-corrected chi connectivity index (χ1v) is 7.30. The van der Waals surface area contributed by atoms with E-state index in [1.54, 1.807) is 0 Å². The van der Waals surface area contributed by atoms with Gasteiger partial charge >= 0.3 is 6.03 Å². The summed E-state index contributed by atoms with van der Waals surface area (Å²) in [6.07, 6.45) is 2.36. The summed E-state index contributed by atoms with van der Waals surface area (Å²) in [6, 6.07) is -0.679. The molecular formula is C7H2BrCl5N6O. The number of carbonyl (C=O) groups is 1. The standard InChI is InChI=1S/C7H2BrCl5N6O/c8-4-16-3(6(9,10)7(11,12)13)17-19(4)5(20)18-2-14-1-15-18/h1-2H. The number of rotatable bonds is 1. The summed E-state index contributed by atoms with van der Waals surface area (Å²) >= 11 is 31.8. The lowest BCUT2D eigenvalue weighted by atomic mass is 10.4. The van der Waals surface area contributed by atoms with E-state index in [9.17, 15) is 4.79 Å². The molecule has 0 aromatic carbocycles. The summed E-state index contributed by atoms with van der Waals surface area (Å²) in [5, 5.41) is 7.46. The molecule has 0 aliphatic heterocycles. The Bertz CT molecular complexity index is 635. The number of aromatic nitrogens is 6. The van der Waals surface area contributed by atoms with Crippen LogP contribution in [0.25, 0.3) is 0 Å². The van der Waals surface area contributed by atoms with Gasteiger partial charge in [-0.25, -0.2) is 14.8 Å². The zero-order chi connectivity index (χ0) is 15.1. The zero-order valence-electron chi connectivity index (χ0n) is 9.01. The maximum atomic E-state index is 12.0. The maximum absolute atomic E-state index is 12.0. The quantitative estimate of drug-likeness (QED) is 0.633. The molecule has 0 radical (unpaired) electrons. The van der Waals surface area contributed by atoms with Crippen LogP contribution < -0.4 is 0 Å². The first kappa shape index (κ1) is 16.3. The highest BCUT2D eigenvalue weighted by molar-refractivity contribution is 9.10. The van der Waals surface area contributed by atoms with Gasteiger partial charge in [-0.15, -0.1) is 5.10 Å². The Morgan fingerprint density at radius 1 is 1.25 bits per heavy atom. The van der Waals surface area contributed by atoms with Gasteiger partial charge in [0.2, 0.25) is 12.9 Å². The van der Waals surface area contributed by atoms with Crippen molar-refractivity contribution in [3.63, 3.8) is 0 Å². The van der Waals surface area contributed by atoms with Crippen molar-refractivity contribution >= 4 is 80.0 Å². The predicted molar refractivity (Wildman–Crippen MR) is 77.6 cm³/mol. The molecule has 13 heteroatoms. The van der Waals surface area contributed by atoms with Crippen LogP contribution in [0.2, 0.25) is 0 Å². The summed E-state index contributed by atoms with van der Waals surface area (Å²) in [7, 11) is 0. The normalized spacial score (nSPS) is 12.7. The van der Waals surface area contributed by atoms with Crippen molar-refractivity contribution in [3.8, 4) is 0 Å². The fraction of sp³-hybridized carbons (Fsp3) is 0.286. The molecule has 0 aliphatic carbocycles. The second-order valence-corrected chi connectivity index (χ2v) is 7.63. The van der Waals surface area contributed by atoms with E-state index in [0.29, 0.717) is 0 Å². The largest absolute Gasteiger partial charge is 0.373 e. The molecule has 20 heavy (non-hydrogen) atoms. The van der Waals surface area contributed by atoms with Crippen LogP contribution in [0.4, 0.5) is 4.79 Å². The molecule has 0 spiro atoms. The zero-order valence-corrected chi connectivity index (χ0v) is 14.4. The summed E-state index contributed by atoms with van der Waals surface area (Å²) < 4.78 is -2.39. The Kier molecular flexibility index (Phi) is 4.54. The lowest BCUT2D eigenvalue weighted by molar-refractivity contribution is 0.237. The Morgan fingerprint density at radius 2 is 1.90 bits per heavy atom. The average Bonchev–Trinajstić information content (AvgIpc) is 2.95. The van der Waals surface area contributed by atoms with Gasteiger partial charge in [-0.2, -0.15) is 14.5 Å². The number of halogens is 6. The smallest absolute Gasteiger partial charge is 0.243 e. The highest BCUT2D eigenvalue weighted by atomic mass is 79.9. The number of nitrogens with zero attached hydrogens (tertiary/aromatic N) is 6. The molecule has 0 amide bonds. The fourth-order valence-corrected chi connectivity index (χ4v) is 1.89. The van der Waals surface area contributed by atoms with Crippen LogP contribution in [0.15, 0.2) is 17.4 Å².